The lowest BCUT2D eigenvalue weighted by atomic mass is 9.97. The van der Waals surface area contributed by atoms with E-state index in [-0.39, 0.29) is 29.0 Å². The number of benzene rings is 2. The van der Waals surface area contributed by atoms with Crippen LogP contribution in [0.4, 0.5) is 17.6 Å². The topological polar surface area (TPSA) is 68.5 Å². The second-order valence-electron chi connectivity index (χ2n) is 7.13. The molecule has 1 aliphatic heterocycles. The van der Waals surface area contributed by atoms with Crippen molar-refractivity contribution in [2.24, 2.45) is 0 Å². The molecule has 0 radical (unpaired) electrons. The minimum atomic E-state index is -4.79. The lowest BCUT2D eigenvalue weighted by Crippen LogP contribution is -2.39. The van der Waals surface area contributed by atoms with Crippen molar-refractivity contribution in [3.8, 4) is 17.1 Å². The molecular formula is C21H17F4N3O3. The van der Waals surface area contributed by atoms with E-state index >= 15 is 0 Å². The second-order valence-corrected chi connectivity index (χ2v) is 7.13. The molecular weight excluding hydrogens is 418 g/mol. The number of rotatable bonds is 4. The van der Waals surface area contributed by atoms with Gasteiger partial charge in [-0.25, -0.2) is 4.39 Å². The van der Waals surface area contributed by atoms with E-state index in [1.807, 2.05) is 0 Å². The fourth-order valence-electron chi connectivity index (χ4n) is 3.46. The van der Waals surface area contributed by atoms with Crippen LogP contribution >= 0.6 is 0 Å². The van der Waals surface area contributed by atoms with Crippen LogP contribution in [0.25, 0.3) is 11.4 Å². The Morgan fingerprint density at radius 3 is 2.48 bits per heavy atom. The van der Waals surface area contributed by atoms with Gasteiger partial charge in [0.25, 0.3) is 5.91 Å². The van der Waals surface area contributed by atoms with Gasteiger partial charge in [-0.15, -0.1) is 13.2 Å². The SMILES string of the molecule is O=C(c1ccc(OC(F)(F)F)cc1)N1CCC[C@H](c2nc(-c3ccc(F)cc3)no2)C1. The van der Waals surface area contributed by atoms with Crippen molar-refractivity contribution >= 4 is 5.91 Å². The van der Waals surface area contributed by atoms with Crippen LogP contribution in [-0.2, 0) is 0 Å². The van der Waals surface area contributed by atoms with Gasteiger partial charge < -0.3 is 14.2 Å². The van der Waals surface area contributed by atoms with Crippen molar-refractivity contribution in [3.63, 3.8) is 0 Å². The molecule has 1 aromatic heterocycles. The largest absolute Gasteiger partial charge is 0.573 e. The highest BCUT2D eigenvalue weighted by molar-refractivity contribution is 5.94. The average Bonchev–Trinajstić information content (AvgIpc) is 3.24. The lowest BCUT2D eigenvalue weighted by molar-refractivity contribution is -0.274. The number of aromatic nitrogens is 2. The van der Waals surface area contributed by atoms with E-state index in [2.05, 4.69) is 14.9 Å². The average molecular weight is 435 g/mol. The fraction of sp³-hybridized carbons (Fsp3) is 0.286. The molecule has 162 valence electrons. The third kappa shape index (κ3) is 5.01. The summed E-state index contributed by atoms with van der Waals surface area (Å²) in [5.41, 5.74) is 0.869. The number of carbonyl (C=O) groups is 1. The van der Waals surface area contributed by atoms with Gasteiger partial charge in [0.2, 0.25) is 11.7 Å². The smallest absolute Gasteiger partial charge is 0.406 e. The number of nitrogens with zero attached hydrogens (tertiary/aromatic N) is 3. The third-order valence-electron chi connectivity index (χ3n) is 4.94. The Balaban J connectivity index is 1.44. The van der Waals surface area contributed by atoms with Gasteiger partial charge in [0, 0.05) is 24.2 Å². The van der Waals surface area contributed by atoms with Gasteiger partial charge >= 0.3 is 6.36 Å². The number of alkyl halides is 3. The highest BCUT2D eigenvalue weighted by Gasteiger charge is 2.32. The lowest BCUT2D eigenvalue weighted by Gasteiger charge is -2.31. The Hall–Kier alpha value is -3.43. The van der Waals surface area contributed by atoms with Crippen LogP contribution in [0.2, 0.25) is 0 Å². The summed E-state index contributed by atoms with van der Waals surface area (Å²) < 4.78 is 59.2. The quantitative estimate of drug-likeness (QED) is 0.551. The number of ether oxygens (including phenoxy) is 1. The first-order valence-electron chi connectivity index (χ1n) is 9.53. The van der Waals surface area contributed by atoms with Crippen LogP contribution in [0.3, 0.4) is 0 Å². The Morgan fingerprint density at radius 1 is 1.10 bits per heavy atom. The number of halogens is 4. The maximum atomic E-state index is 13.1. The zero-order valence-electron chi connectivity index (χ0n) is 16.1. The summed E-state index contributed by atoms with van der Waals surface area (Å²) in [6.07, 6.45) is -3.34. The Kier molecular flexibility index (Phi) is 5.62. The molecule has 6 nitrogen and oxygen atoms in total. The van der Waals surface area contributed by atoms with Gasteiger partial charge in [0.1, 0.15) is 11.6 Å². The van der Waals surface area contributed by atoms with E-state index in [0.29, 0.717) is 36.8 Å². The van der Waals surface area contributed by atoms with Gasteiger partial charge in [0.05, 0.1) is 5.92 Å². The molecule has 2 heterocycles. The summed E-state index contributed by atoms with van der Waals surface area (Å²) >= 11 is 0. The third-order valence-corrected chi connectivity index (χ3v) is 4.94. The molecule has 1 amide bonds. The van der Waals surface area contributed by atoms with Crippen molar-refractivity contribution in [3.05, 3.63) is 65.8 Å². The minimum Gasteiger partial charge on any atom is -0.406 e. The second kappa shape index (κ2) is 8.37. The first kappa shape index (κ1) is 20.8. The number of piperidine rings is 1. The Morgan fingerprint density at radius 2 is 1.81 bits per heavy atom. The van der Waals surface area contributed by atoms with Crippen molar-refractivity contribution in [1.29, 1.82) is 0 Å². The molecule has 2 aromatic carbocycles. The molecule has 10 heteroatoms. The molecule has 31 heavy (non-hydrogen) atoms. The van der Waals surface area contributed by atoms with E-state index in [4.69, 9.17) is 4.52 Å². The standard InChI is InChI=1S/C21H17F4N3O3/c22-16-7-3-13(4-8-16)18-26-19(31-27-18)15-2-1-11-28(12-15)20(29)14-5-9-17(10-6-14)30-21(23,24)25/h3-10,15H,1-2,11-12H2/t15-/m0/s1. The number of carbonyl (C=O) groups excluding carboxylic acids is 1. The predicted molar refractivity (Wildman–Crippen MR) is 101 cm³/mol. The predicted octanol–water partition coefficient (Wildman–Crippen LogP) is 4.79. The summed E-state index contributed by atoms with van der Waals surface area (Å²) in [7, 11) is 0. The van der Waals surface area contributed by atoms with E-state index in [1.165, 1.54) is 24.3 Å². The molecule has 3 aromatic rings. The molecule has 1 fully saturated rings. The van der Waals surface area contributed by atoms with Gasteiger partial charge in [0.15, 0.2) is 0 Å². The number of likely N-dealkylation sites (tertiary alicyclic amines) is 1. The fourth-order valence-corrected chi connectivity index (χ4v) is 3.46. The Bertz CT molecular complexity index is 1050. The Labute approximate surface area is 174 Å². The number of hydrogen-bond donors (Lipinski definition) is 0. The maximum absolute atomic E-state index is 13.1. The van der Waals surface area contributed by atoms with E-state index in [0.717, 1.165) is 18.6 Å². The van der Waals surface area contributed by atoms with Crippen LogP contribution < -0.4 is 4.74 Å². The highest BCUT2D eigenvalue weighted by atomic mass is 19.4. The van der Waals surface area contributed by atoms with Crippen LogP contribution in [0, 0.1) is 5.82 Å². The normalized spacial score (nSPS) is 16.9. The maximum Gasteiger partial charge on any atom is 0.573 e. The summed E-state index contributed by atoms with van der Waals surface area (Å²) in [6, 6.07) is 10.5. The summed E-state index contributed by atoms with van der Waals surface area (Å²) in [6.45, 7) is 0.847. The van der Waals surface area contributed by atoms with Crippen molar-refractivity contribution in [2.45, 2.75) is 25.1 Å². The zero-order chi connectivity index (χ0) is 22.0. The molecule has 0 bridgehead atoms. The summed E-state index contributed by atoms with van der Waals surface area (Å²) in [5.74, 6) is -0.523. The van der Waals surface area contributed by atoms with E-state index < -0.39 is 6.36 Å². The van der Waals surface area contributed by atoms with Crippen LogP contribution in [0.5, 0.6) is 5.75 Å². The molecule has 0 spiro atoms. The highest BCUT2D eigenvalue weighted by Crippen LogP contribution is 2.29. The van der Waals surface area contributed by atoms with Gasteiger partial charge in [-0.3, -0.25) is 4.79 Å². The molecule has 1 atom stereocenters. The molecule has 4 rings (SSSR count). The van der Waals surface area contributed by atoms with E-state index in [1.54, 1.807) is 17.0 Å². The molecule has 0 aliphatic carbocycles. The van der Waals surface area contributed by atoms with Crippen molar-refractivity contribution in [2.75, 3.05) is 13.1 Å². The van der Waals surface area contributed by atoms with Gasteiger partial charge in [-0.05, 0) is 61.4 Å². The summed E-state index contributed by atoms with van der Waals surface area (Å²) in [5, 5.41) is 3.94. The molecule has 0 N–H and O–H groups in total. The van der Waals surface area contributed by atoms with Crippen molar-refractivity contribution < 1.29 is 31.6 Å². The zero-order valence-corrected chi connectivity index (χ0v) is 16.1. The monoisotopic (exact) mass is 435 g/mol. The van der Waals surface area contributed by atoms with E-state index in [9.17, 15) is 22.4 Å². The first-order chi connectivity index (χ1) is 14.8. The number of amides is 1. The molecule has 0 saturated carbocycles. The first-order valence-corrected chi connectivity index (χ1v) is 9.53. The molecule has 1 aliphatic rings. The minimum absolute atomic E-state index is 0.174. The van der Waals surface area contributed by atoms with Crippen molar-refractivity contribution in [1.82, 2.24) is 15.0 Å². The summed E-state index contributed by atoms with van der Waals surface area (Å²) in [4.78, 5) is 18.8. The van der Waals surface area contributed by atoms with Gasteiger partial charge in [-0.1, -0.05) is 5.16 Å². The van der Waals surface area contributed by atoms with Crippen LogP contribution in [-0.4, -0.2) is 40.4 Å². The molecule has 0 unspecified atom stereocenters. The molecule has 1 saturated heterocycles. The van der Waals surface area contributed by atoms with Gasteiger partial charge in [-0.2, -0.15) is 4.98 Å². The van der Waals surface area contributed by atoms with Crippen LogP contribution in [0.1, 0.15) is 35.0 Å². The van der Waals surface area contributed by atoms with Crippen LogP contribution in [0.15, 0.2) is 53.1 Å². The number of hydrogen-bond acceptors (Lipinski definition) is 5.